The van der Waals surface area contributed by atoms with Crippen LogP contribution in [0, 0.1) is 0 Å². The second kappa shape index (κ2) is 16.3. The highest BCUT2D eigenvalue weighted by molar-refractivity contribution is 8.76. The average Bonchev–Trinajstić information content (AvgIpc) is 3.00. The fraction of sp³-hybridized carbons (Fsp3) is 0. The molecule has 0 saturated carbocycles. The monoisotopic (exact) mass is 626 g/mol. The predicted molar refractivity (Wildman–Crippen MR) is 184 cm³/mol. The van der Waals surface area contributed by atoms with E-state index in [-0.39, 0.29) is 22.0 Å². The molecule has 0 spiro atoms. The number of benzene rings is 4. The van der Waals surface area contributed by atoms with Crippen LogP contribution in [0.5, 0.6) is 0 Å². The molecule has 4 rings (SSSR count). The first kappa shape index (κ1) is 30.7. The van der Waals surface area contributed by atoms with E-state index in [4.69, 9.17) is 24.4 Å². The van der Waals surface area contributed by atoms with Crippen LogP contribution in [0.3, 0.4) is 0 Å². The molecule has 210 valence electrons. The SMILES string of the molecule is O=C(/C=C/c1ccccc1)NC(=S)Nc1ccc(SSc2ccc(NC(=S)NC(=O)/C=C/c3ccccc3)cc2)cc1. The quantitative estimate of drug-likeness (QED) is 0.0862. The van der Waals surface area contributed by atoms with E-state index in [1.165, 1.54) is 12.2 Å². The molecule has 2 amide bonds. The first-order valence-electron chi connectivity index (χ1n) is 12.7. The smallest absolute Gasteiger partial charge is 0.250 e. The van der Waals surface area contributed by atoms with Gasteiger partial charge in [0.2, 0.25) is 11.8 Å². The maximum absolute atomic E-state index is 12.1. The summed E-state index contributed by atoms with van der Waals surface area (Å²) >= 11 is 10.5. The van der Waals surface area contributed by atoms with Gasteiger partial charge in [-0.05, 0) is 96.2 Å². The highest BCUT2D eigenvalue weighted by atomic mass is 33.1. The van der Waals surface area contributed by atoms with Gasteiger partial charge in [0, 0.05) is 33.3 Å². The fourth-order valence-corrected chi connectivity index (χ4v) is 5.76. The topological polar surface area (TPSA) is 82.3 Å². The number of hydrogen-bond acceptors (Lipinski definition) is 6. The number of carbonyl (C=O) groups excluding carboxylic acids is 2. The number of nitrogens with one attached hydrogen (secondary N) is 4. The zero-order valence-corrected chi connectivity index (χ0v) is 25.4. The number of anilines is 2. The Hall–Kier alpha value is -4.22. The molecule has 42 heavy (non-hydrogen) atoms. The molecule has 0 aliphatic carbocycles. The first-order valence-corrected chi connectivity index (χ1v) is 15.6. The molecule has 0 radical (unpaired) electrons. The summed E-state index contributed by atoms with van der Waals surface area (Å²) in [6.45, 7) is 0. The van der Waals surface area contributed by atoms with Crippen LogP contribution >= 0.6 is 46.0 Å². The molecule has 4 aromatic rings. The first-order chi connectivity index (χ1) is 20.4. The maximum Gasteiger partial charge on any atom is 0.250 e. The number of amides is 2. The third-order valence-corrected chi connectivity index (χ3v) is 8.21. The van der Waals surface area contributed by atoms with Gasteiger partial charge < -0.3 is 10.6 Å². The van der Waals surface area contributed by atoms with Crippen LogP contribution in [0.15, 0.2) is 131 Å². The Kier molecular flexibility index (Phi) is 11.9. The standard InChI is InChI=1S/C32H26N4O2S4/c37-29(21-11-23-7-3-1-4-8-23)35-31(39)33-25-13-17-27(18-14-25)41-42-28-19-15-26(16-20-28)34-32(40)36-30(38)22-12-24-9-5-2-6-10-24/h1-22H,(H2,33,35,37,39)(H2,34,36,38,40)/b21-11+,22-12+. The highest BCUT2D eigenvalue weighted by Crippen LogP contribution is 2.38. The minimum atomic E-state index is -0.302. The molecule has 10 heteroatoms. The van der Waals surface area contributed by atoms with Gasteiger partial charge in [0.15, 0.2) is 10.2 Å². The highest BCUT2D eigenvalue weighted by Gasteiger charge is 2.05. The molecular weight excluding hydrogens is 601 g/mol. The summed E-state index contributed by atoms with van der Waals surface area (Å²) in [5, 5.41) is 11.8. The van der Waals surface area contributed by atoms with Gasteiger partial charge in [-0.15, -0.1) is 0 Å². The second-order valence-corrected chi connectivity index (χ2v) is 11.7. The average molecular weight is 627 g/mol. The molecule has 0 aliphatic rings. The maximum atomic E-state index is 12.1. The molecular formula is C32H26N4O2S4. The summed E-state index contributed by atoms with van der Waals surface area (Å²) in [7, 11) is 3.23. The summed E-state index contributed by atoms with van der Waals surface area (Å²) < 4.78 is 0. The molecule has 4 aromatic carbocycles. The summed E-state index contributed by atoms with van der Waals surface area (Å²) in [6, 6.07) is 34.6. The van der Waals surface area contributed by atoms with E-state index in [2.05, 4.69) is 21.3 Å². The van der Waals surface area contributed by atoms with Crippen LogP contribution in [0.2, 0.25) is 0 Å². The molecule has 0 atom stereocenters. The minimum absolute atomic E-state index is 0.226. The van der Waals surface area contributed by atoms with Crippen molar-refractivity contribution >= 4 is 91.6 Å². The van der Waals surface area contributed by atoms with E-state index >= 15 is 0 Å². The summed E-state index contributed by atoms with van der Waals surface area (Å²) in [4.78, 5) is 26.3. The lowest BCUT2D eigenvalue weighted by molar-refractivity contribution is -0.115. The van der Waals surface area contributed by atoms with E-state index in [1.54, 1.807) is 33.7 Å². The fourth-order valence-electron chi connectivity index (χ4n) is 3.39. The van der Waals surface area contributed by atoms with Gasteiger partial charge in [0.1, 0.15) is 0 Å². The van der Waals surface area contributed by atoms with E-state index < -0.39 is 0 Å². The van der Waals surface area contributed by atoms with Gasteiger partial charge in [-0.25, -0.2) is 0 Å². The number of rotatable bonds is 9. The summed E-state index contributed by atoms with van der Waals surface area (Å²) in [5.41, 5.74) is 3.41. The second-order valence-electron chi connectivity index (χ2n) is 8.59. The van der Waals surface area contributed by atoms with Crippen molar-refractivity contribution in [2.24, 2.45) is 0 Å². The van der Waals surface area contributed by atoms with Crippen molar-refractivity contribution in [3.8, 4) is 0 Å². The van der Waals surface area contributed by atoms with Crippen molar-refractivity contribution in [3.05, 3.63) is 132 Å². The Morgan fingerprint density at radius 2 is 0.881 bits per heavy atom. The van der Waals surface area contributed by atoms with Gasteiger partial charge in [0.05, 0.1) is 0 Å². The third-order valence-electron chi connectivity index (χ3n) is 5.39. The van der Waals surface area contributed by atoms with Gasteiger partial charge in [0.25, 0.3) is 0 Å². The normalized spacial score (nSPS) is 10.8. The molecule has 0 unspecified atom stereocenters. The van der Waals surface area contributed by atoms with Crippen molar-refractivity contribution in [2.75, 3.05) is 10.6 Å². The number of hydrogen-bond donors (Lipinski definition) is 4. The Labute approximate surface area is 263 Å². The molecule has 0 fully saturated rings. The van der Waals surface area contributed by atoms with Crippen molar-refractivity contribution in [1.29, 1.82) is 0 Å². The van der Waals surface area contributed by atoms with E-state index in [0.717, 1.165) is 32.3 Å². The molecule has 0 heterocycles. The third kappa shape index (κ3) is 11.0. The van der Waals surface area contributed by atoms with Crippen molar-refractivity contribution in [1.82, 2.24) is 10.6 Å². The summed E-state index contributed by atoms with van der Waals surface area (Å²) in [6.07, 6.45) is 6.35. The van der Waals surface area contributed by atoms with Gasteiger partial charge >= 0.3 is 0 Å². The van der Waals surface area contributed by atoms with Crippen LogP contribution in [-0.4, -0.2) is 22.0 Å². The molecule has 0 aromatic heterocycles. The zero-order chi connectivity index (χ0) is 29.6. The van der Waals surface area contributed by atoms with Crippen molar-refractivity contribution in [3.63, 3.8) is 0 Å². The van der Waals surface area contributed by atoms with Crippen LogP contribution in [0.4, 0.5) is 11.4 Å². The van der Waals surface area contributed by atoms with E-state index in [0.29, 0.717) is 0 Å². The van der Waals surface area contributed by atoms with E-state index in [1.807, 2.05) is 109 Å². The van der Waals surface area contributed by atoms with Crippen LogP contribution in [0.1, 0.15) is 11.1 Å². The molecule has 0 saturated heterocycles. The lowest BCUT2D eigenvalue weighted by atomic mass is 10.2. The van der Waals surface area contributed by atoms with Gasteiger partial charge in [-0.1, -0.05) is 82.3 Å². The number of carbonyl (C=O) groups is 2. The van der Waals surface area contributed by atoms with Gasteiger partial charge in [-0.2, -0.15) is 0 Å². The Bertz CT molecular complexity index is 1450. The van der Waals surface area contributed by atoms with Crippen molar-refractivity contribution < 1.29 is 9.59 Å². The van der Waals surface area contributed by atoms with Crippen molar-refractivity contribution in [2.45, 2.75) is 9.79 Å². The van der Waals surface area contributed by atoms with E-state index in [9.17, 15) is 9.59 Å². The number of thiocarbonyl (C=S) groups is 2. The Morgan fingerprint density at radius 3 is 1.24 bits per heavy atom. The lowest BCUT2D eigenvalue weighted by Gasteiger charge is -2.10. The molecule has 0 bridgehead atoms. The minimum Gasteiger partial charge on any atom is -0.332 e. The zero-order valence-electron chi connectivity index (χ0n) is 22.2. The predicted octanol–water partition coefficient (Wildman–Crippen LogP) is 7.54. The van der Waals surface area contributed by atoms with Crippen LogP contribution < -0.4 is 21.3 Å². The Morgan fingerprint density at radius 1 is 0.524 bits per heavy atom. The molecule has 0 aliphatic heterocycles. The molecule has 6 nitrogen and oxygen atoms in total. The van der Waals surface area contributed by atoms with Gasteiger partial charge in [-0.3, -0.25) is 20.2 Å². The van der Waals surface area contributed by atoms with Crippen LogP contribution in [0.25, 0.3) is 12.2 Å². The largest absolute Gasteiger partial charge is 0.332 e. The van der Waals surface area contributed by atoms with Crippen LogP contribution in [-0.2, 0) is 9.59 Å². The summed E-state index contributed by atoms with van der Waals surface area (Å²) in [5.74, 6) is -0.604. The lowest BCUT2D eigenvalue weighted by Crippen LogP contribution is -2.32. The molecule has 4 N–H and O–H groups in total. The Balaban J connectivity index is 1.17.